The minimum atomic E-state index is -0.728. The average Bonchev–Trinajstić information content (AvgIpc) is 2.79. The Hall–Kier alpha value is -1.44. The number of aliphatic hydroxyl groups is 2. The maximum atomic E-state index is 11.7. The van der Waals surface area contributed by atoms with Crippen LogP contribution in [-0.4, -0.2) is 39.6 Å². The molecule has 1 fully saturated rings. The second-order valence-electron chi connectivity index (χ2n) is 4.76. The third kappa shape index (κ3) is 2.12. The first-order valence-electron chi connectivity index (χ1n) is 5.67. The fraction of sp³-hybridized carbons (Fsp3) is 0.636. The molecule has 2 heterocycles. The summed E-state index contributed by atoms with van der Waals surface area (Å²) in [5.41, 5.74) is -1.30. The van der Waals surface area contributed by atoms with Gasteiger partial charge in [-0.2, -0.15) is 0 Å². The monoisotopic (exact) mass is 256 g/mol. The van der Waals surface area contributed by atoms with E-state index in [9.17, 15) is 19.8 Å². The van der Waals surface area contributed by atoms with Crippen LogP contribution in [0.5, 0.6) is 0 Å². The Kier molecular flexibility index (Phi) is 3.38. The highest BCUT2D eigenvalue weighted by Gasteiger charge is 2.40. The van der Waals surface area contributed by atoms with Gasteiger partial charge in [-0.3, -0.25) is 14.3 Å². The van der Waals surface area contributed by atoms with E-state index in [1.165, 1.54) is 10.8 Å². The van der Waals surface area contributed by atoms with Gasteiger partial charge in [0.2, 0.25) is 0 Å². The minimum Gasteiger partial charge on any atom is -0.396 e. The van der Waals surface area contributed by atoms with Gasteiger partial charge in [0.25, 0.3) is 5.56 Å². The van der Waals surface area contributed by atoms with Gasteiger partial charge in [0.15, 0.2) is 0 Å². The number of aliphatic hydroxyl groups excluding tert-OH is 2. The van der Waals surface area contributed by atoms with E-state index in [2.05, 4.69) is 4.98 Å². The lowest BCUT2D eigenvalue weighted by Gasteiger charge is -2.21. The molecule has 0 spiro atoms. The number of nitrogens with zero attached hydrogens (tertiary/aromatic N) is 1. The van der Waals surface area contributed by atoms with Crippen LogP contribution in [0.25, 0.3) is 0 Å². The van der Waals surface area contributed by atoms with Crippen molar-refractivity contribution in [1.29, 1.82) is 0 Å². The van der Waals surface area contributed by atoms with Crippen LogP contribution >= 0.6 is 0 Å². The summed E-state index contributed by atoms with van der Waals surface area (Å²) in [6.07, 6.45) is 1.18. The van der Waals surface area contributed by atoms with Crippen LogP contribution in [-0.2, 0) is 4.74 Å². The molecule has 7 heteroatoms. The first-order chi connectivity index (χ1) is 8.51. The molecule has 18 heavy (non-hydrogen) atoms. The van der Waals surface area contributed by atoms with E-state index < -0.39 is 22.9 Å². The van der Waals surface area contributed by atoms with E-state index in [1.54, 1.807) is 6.92 Å². The average molecular weight is 256 g/mol. The van der Waals surface area contributed by atoms with Crippen molar-refractivity contribution in [3.63, 3.8) is 0 Å². The van der Waals surface area contributed by atoms with Gasteiger partial charge in [-0.05, 0) is 6.92 Å². The molecule has 0 radical (unpaired) electrons. The molecule has 7 nitrogen and oxygen atoms in total. The zero-order chi connectivity index (χ0) is 13.3. The summed E-state index contributed by atoms with van der Waals surface area (Å²) in [4.78, 5) is 25.1. The van der Waals surface area contributed by atoms with E-state index >= 15 is 0 Å². The Morgan fingerprint density at radius 1 is 1.50 bits per heavy atom. The summed E-state index contributed by atoms with van der Waals surface area (Å²) in [5.74, 6) is 0. The molecule has 0 amide bonds. The minimum absolute atomic E-state index is 0.176. The van der Waals surface area contributed by atoms with Gasteiger partial charge in [-0.15, -0.1) is 0 Å². The molecule has 0 saturated carbocycles. The smallest absolute Gasteiger partial charge is 0.330 e. The van der Waals surface area contributed by atoms with Crippen molar-refractivity contribution in [2.45, 2.75) is 19.6 Å². The Balaban J connectivity index is 2.33. The Morgan fingerprint density at radius 2 is 2.17 bits per heavy atom. The first kappa shape index (κ1) is 13.0. The number of H-pyrrole nitrogens is 1. The highest BCUT2D eigenvalue weighted by Crippen LogP contribution is 2.36. The van der Waals surface area contributed by atoms with Gasteiger partial charge >= 0.3 is 5.69 Å². The standard InChI is InChI=1S/C11H16N2O5/c1-7-3-13(10(17)12-9(7)16)8-2-11(4-14,5-15)6-18-8/h3,8,14-15H,2,4-6H2,1H3,(H,12,16,17). The molecule has 1 aromatic rings. The van der Waals surface area contributed by atoms with Crippen LogP contribution < -0.4 is 11.2 Å². The molecule has 1 aliphatic rings. The molecule has 2 rings (SSSR count). The van der Waals surface area contributed by atoms with Crippen LogP contribution in [0.2, 0.25) is 0 Å². The molecular weight excluding hydrogens is 240 g/mol. The molecule has 0 bridgehead atoms. The second kappa shape index (κ2) is 4.68. The number of aromatic nitrogens is 2. The maximum absolute atomic E-state index is 11.7. The first-order valence-corrected chi connectivity index (χ1v) is 5.67. The predicted molar refractivity (Wildman–Crippen MR) is 62.3 cm³/mol. The summed E-state index contributed by atoms with van der Waals surface area (Å²) in [6.45, 7) is 1.35. The molecule has 1 saturated heterocycles. The van der Waals surface area contributed by atoms with E-state index in [0.29, 0.717) is 12.0 Å². The third-order valence-corrected chi connectivity index (χ3v) is 3.32. The number of aryl methyl sites for hydroxylation is 1. The summed E-state index contributed by atoms with van der Waals surface area (Å²) in [6, 6.07) is 0. The number of nitrogens with one attached hydrogen (secondary N) is 1. The van der Waals surface area contributed by atoms with Crippen molar-refractivity contribution in [3.8, 4) is 0 Å². The highest BCUT2D eigenvalue weighted by atomic mass is 16.5. The van der Waals surface area contributed by atoms with Gasteiger partial charge in [0.05, 0.1) is 19.8 Å². The second-order valence-corrected chi connectivity index (χ2v) is 4.76. The number of hydrogen-bond donors (Lipinski definition) is 3. The fourth-order valence-electron chi connectivity index (χ4n) is 2.01. The normalized spacial score (nSPS) is 22.3. The lowest BCUT2D eigenvalue weighted by atomic mass is 9.89. The predicted octanol–water partition coefficient (Wildman–Crippen LogP) is -1.27. The van der Waals surface area contributed by atoms with E-state index in [-0.39, 0.29) is 19.8 Å². The molecule has 1 unspecified atom stereocenters. The van der Waals surface area contributed by atoms with Crippen molar-refractivity contribution >= 4 is 0 Å². The number of aromatic amines is 1. The van der Waals surface area contributed by atoms with Crippen LogP contribution in [0.1, 0.15) is 18.2 Å². The Bertz CT molecular complexity index is 543. The van der Waals surface area contributed by atoms with E-state index in [0.717, 1.165) is 0 Å². The molecule has 1 atom stereocenters. The molecule has 3 N–H and O–H groups in total. The van der Waals surface area contributed by atoms with E-state index in [1.807, 2.05) is 0 Å². The highest BCUT2D eigenvalue weighted by molar-refractivity contribution is 5.02. The number of hydrogen-bond acceptors (Lipinski definition) is 5. The van der Waals surface area contributed by atoms with Gasteiger partial charge < -0.3 is 14.9 Å². The van der Waals surface area contributed by atoms with Crippen LogP contribution in [0.3, 0.4) is 0 Å². The van der Waals surface area contributed by atoms with Crippen LogP contribution in [0, 0.1) is 12.3 Å². The molecular formula is C11H16N2O5. The summed E-state index contributed by atoms with van der Waals surface area (Å²) in [7, 11) is 0. The van der Waals surface area contributed by atoms with Gasteiger partial charge in [0.1, 0.15) is 6.23 Å². The maximum Gasteiger partial charge on any atom is 0.330 e. The van der Waals surface area contributed by atoms with Gasteiger partial charge in [0, 0.05) is 23.6 Å². The molecule has 100 valence electrons. The zero-order valence-electron chi connectivity index (χ0n) is 10.0. The molecule has 1 aliphatic heterocycles. The van der Waals surface area contributed by atoms with Crippen molar-refractivity contribution in [1.82, 2.24) is 9.55 Å². The number of rotatable bonds is 3. The van der Waals surface area contributed by atoms with Crippen LogP contribution in [0.15, 0.2) is 15.8 Å². The SMILES string of the molecule is Cc1cn(C2CC(CO)(CO)CO2)c(=O)[nH]c1=O. The topological polar surface area (TPSA) is 105 Å². The van der Waals surface area contributed by atoms with E-state index in [4.69, 9.17) is 4.74 Å². The Labute approximate surface area is 103 Å². The van der Waals surface area contributed by atoms with Gasteiger partial charge in [-0.1, -0.05) is 0 Å². The summed E-state index contributed by atoms with van der Waals surface area (Å²) < 4.78 is 6.71. The molecule has 0 aliphatic carbocycles. The van der Waals surface area contributed by atoms with Crippen molar-refractivity contribution in [2.75, 3.05) is 19.8 Å². The van der Waals surface area contributed by atoms with Crippen molar-refractivity contribution in [3.05, 3.63) is 32.6 Å². The van der Waals surface area contributed by atoms with Gasteiger partial charge in [-0.25, -0.2) is 4.79 Å². The van der Waals surface area contributed by atoms with Crippen LogP contribution in [0.4, 0.5) is 0 Å². The lowest BCUT2D eigenvalue weighted by molar-refractivity contribution is 0.0219. The summed E-state index contributed by atoms with van der Waals surface area (Å²) >= 11 is 0. The Morgan fingerprint density at radius 3 is 2.72 bits per heavy atom. The third-order valence-electron chi connectivity index (χ3n) is 3.32. The van der Waals surface area contributed by atoms with Crippen molar-refractivity contribution in [2.24, 2.45) is 5.41 Å². The zero-order valence-corrected chi connectivity index (χ0v) is 10.0. The van der Waals surface area contributed by atoms with Crippen molar-refractivity contribution < 1.29 is 14.9 Å². The quantitative estimate of drug-likeness (QED) is 0.626. The molecule has 0 aromatic carbocycles. The largest absolute Gasteiger partial charge is 0.396 e. The lowest BCUT2D eigenvalue weighted by Crippen LogP contribution is -2.34. The fourth-order valence-corrected chi connectivity index (χ4v) is 2.01. The molecule has 1 aromatic heterocycles. The number of ether oxygens (including phenoxy) is 1. The summed E-state index contributed by atoms with van der Waals surface area (Å²) in [5, 5.41) is 18.5.